The second-order valence-electron chi connectivity index (χ2n) is 29.0. The van der Waals surface area contributed by atoms with Crippen molar-refractivity contribution < 1.29 is 0 Å². The number of benzene rings is 4. The van der Waals surface area contributed by atoms with Gasteiger partial charge in [0.15, 0.2) is 0 Å². The minimum Gasteiger partial charge on any atom is -0.0654 e. The Labute approximate surface area is 581 Å². The maximum atomic E-state index is 4.00. The van der Waals surface area contributed by atoms with E-state index in [4.69, 9.17) is 0 Å². The number of aryl methyl sites for hydroxylation is 6. The molecule has 0 heterocycles. The minimum absolute atomic E-state index is 0.945. The van der Waals surface area contributed by atoms with Crippen LogP contribution >= 0.6 is 0 Å². The highest BCUT2D eigenvalue weighted by atomic mass is 14.2. The summed E-state index contributed by atoms with van der Waals surface area (Å²) in [7, 11) is 0. The van der Waals surface area contributed by atoms with Gasteiger partial charge in [-0.2, -0.15) is 0 Å². The summed E-state index contributed by atoms with van der Waals surface area (Å²) in [6.45, 7) is 13.9. The Bertz CT molecular complexity index is 3020. The third-order valence-electron chi connectivity index (χ3n) is 20.6. The summed E-state index contributed by atoms with van der Waals surface area (Å²) in [6, 6.07) is 50.7. The van der Waals surface area contributed by atoms with Crippen molar-refractivity contribution >= 4 is 43.1 Å². The van der Waals surface area contributed by atoms with Crippen LogP contribution in [0.2, 0.25) is 0 Å². The molecule has 2 bridgehead atoms. The monoisotopic (exact) mass is 1260 g/mol. The molecule has 0 unspecified atom stereocenters. The van der Waals surface area contributed by atoms with Crippen LogP contribution in [0, 0.1) is 60.4 Å². The first-order valence-electron chi connectivity index (χ1n) is 40.7. The molecule has 0 atom stereocenters. The van der Waals surface area contributed by atoms with Gasteiger partial charge in [-0.1, -0.05) is 378 Å². The van der Waals surface area contributed by atoms with E-state index >= 15 is 0 Å². The molecule has 0 fully saturated rings. The van der Waals surface area contributed by atoms with Crippen LogP contribution in [0.5, 0.6) is 0 Å². The summed E-state index contributed by atoms with van der Waals surface area (Å²) in [6.07, 6.45) is 69.6. The van der Waals surface area contributed by atoms with Crippen molar-refractivity contribution in [2.45, 2.75) is 388 Å². The topological polar surface area (TPSA) is 0 Å². The number of hydrogen-bond acceptors (Lipinski definition) is 0. The van der Waals surface area contributed by atoms with Crippen LogP contribution in [0.4, 0.5) is 0 Å². The lowest BCUT2D eigenvalue weighted by Gasteiger charge is -2.12. The molecule has 4 aromatic carbocycles. The molecule has 0 saturated heterocycles. The van der Waals surface area contributed by atoms with E-state index in [9.17, 15) is 0 Å². The zero-order valence-electron chi connectivity index (χ0n) is 61.8. The van der Waals surface area contributed by atoms with Gasteiger partial charge < -0.3 is 0 Å². The maximum absolute atomic E-state index is 4.00. The highest BCUT2D eigenvalue weighted by Crippen LogP contribution is 2.29. The van der Waals surface area contributed by atoms with E-state index in [1.165, 1.54) is 342 Å². The molecular formula is C94H134. The fraction of sp³-hybridized carbons (Fsp3) is 0.638. The molecular weight excluding hydrogens is 1130 g/mol. The van der Waals surface area contributed by atoms with Crippen LogP contribution in [0.1, 0.15) is 394 Å². The van der Waals surface area contributed by atoms with Gasteiger partial charge in [0.25, 0.3) is 0 Å². The predicted molar refractivity (Wildman–Crippen MR) is 415 cm³/mol. The van der Waals surface area contributed by atoms with Gasteiger partial charge in [0.2, 0.25) is 0 Å². The smallest absolute Gasteiger partial charge is 0.0562 e. The van der Waals surface area contributed by atoms with E-state index in [1.807, 2.05) is 0 Å². The Balaban J connectivity index is 1.58. The van der Waals surface area contributed by atoms with Gasteiger partial charge in [-0.15, -0.1) is 0 Å². The second kappa shape index (κ2) is 50.1. The molecule has 2 aliphatic rings. The summed E-state index contributed by atoms with van der Waals surface area (Å²) in [5.41, 5.74) is 10.5. The fourth-order valence-electron chi connectivity index (χ4n) is 14.5. The summed E-state index contributed by atoms with van der Waals surface area (Å²) in [5, 5.41) is 8.32. The van der Waals surface area contributed by atoms with Crippen molar-refractivity contribution in [3.63, 3.8) is 0 Å². The van der Waals surface area contributed by atoms with Crippen molar-refractivity contribution in [3.8, 4) is 11.8 Å². The largest absolute Gasteiger partial charge is 0.0654 e. The number of rotatable bonds is 54. The molecule has 4 aromatic rings. The van der Waals surface area contributed by atoms with E-state index in [2.05, 4.69) is 150 Å². The van der Waals surface area contributed by atoms with E-state index < -0.39 is 0 Å². The first-order chi connectivity index (χ1) is 46.5. The Morgan fingerprint density at radius 1 is 0.202 bits per heavy atom. The van der Waals surface area contributed by atoms with Crippen LogP contribution in [0.25, 0.3) is 43.1 Å². The average Bonchev–Trinajstić information content (AvgIpc) is 0.819. The molecule has 0 heteroatoms. The van der Waals surface area contributed by atoms with Crippen LogP contribution in [0.15, 0.2) is 48.5 Å². The molecule has 0 N–H and O–H groups in total. The normalized spacial score (nSPS) is 11.3. The zero-order valence-corrected chi connectivity index (χ0v) is 61.8. The highest BCUT2D eigenvalue weighted by Gasteiger charge is 2.12. The molecule has 0 aliphatic heterocycles. The number of fused-ring (bicyclic) bond motifs is 2. The van der Waals surface area contributed by atoms with Gasteiger partial charge in [0.1, 0.15) is 0 Å². The molecule has 0 amide bonds. The SMILES string of the molecule is CCCCCCCCCCc1cc2c#cc3cc(CCCCCCCCCC)c(CCCCCCCCCC)cc3c#cc3cc(CCCCCCCCCC)cc4c#cc5c(CCCCCCCCCC)c(CCCCCCCCCC)ccc5c#cc(c1)c2C#Cc34. The average molecular weight is 1260 g/mol. The van der Waals surface area contributed by atoms with Gasteiger partial charge in [-0.3, -0.25) is 0 Å². The van der Waals surface area contributed by atoms with Crippen molar-refractivity contribution in [2.75, 3.05) is 0 Å². The summed E-state index contributed by atoms with van der Waals surface area (Å²) in [4.78, 5) is 0. The standard InChI is InChI=1S/C94H134/c1-7-13-19-25-31-37-43-49-55-79-73-87-66-63-82-62-61-81(57-51-45-39-33-27-21-15-9-3)93(60-54-48-42-36-30-24-18-12-6)94(82)70-69-90-76-80(56-50-44-38-32-26-20-14-8-2)75-89-68-65-86-78-84(59-53-47-41-35-29-23-17-11-5)83(58-52-46-40-34-28-22-16-10-4)77-85(86)64-67-88(74-79)91(87)71-72-92(89)90/h61-62,73-78H,7-60H2,1-6H3. The second-order valence-corrected chi connectivity index (χ2v) is 29.0. The van der Waals surface area contributed by atoms with Crippen molar-refractivity contribution in [1.82, 2.24) is 0 Å². The van der Waals surface area contributed by atoms with Crippen molar-refractivity contribution in [2.24, 2.45) is 0 Å². The van der Waals surface area contributed by atoms with Gasteiger partial charge in [-0.05, 0) is 153 Å². The van der Waals surface area contributed by atoms with Crippen LogP contribution in [-0.4, -0.2) is 0 Å². The molecule has 2 aliphatic carbocycles. The Morgan fingerprint density at radius 3 is 0.766 bits per heavy atom. The molecule has 6 rings (SSSR count). The molecule has 0 spiro atoms. The Kier molecular flexibility index (Phi) is 41.4. The first kappa shape index (κ1) is 77.7. The predicted octanol–water partition coefficient (Wildman–Crippen LogP) is 29.3. The van der Waals surface area contributed by atoms with Crippen LogP contribution in [0.3, 0.4) is 0 Å². The minimum atomic E-state index is 0.945. The van der Waals surface area contributed by atoms with Gasteiger partial charge in [0, 0.05) is 43.1 Å². The van der Waals surface area contributed by atoms with E-state index in [0.717, 1.165) is 92.7 Å². The Morgan fingerprint density at radius 2 is 0.447 bits per heavy atom. The third kappa shape index (κ3) is 30.4. The molecule has 0 saturated carbocycles. The van der Waals surface area contributed by atoms with Gasteiger partial charge in [0.05, 0.1) is 11.1 Å². The van der Waals surface area contributed by atoms with Crippen LogP contribution in [-0.2, 0) is 38.5 Å². The number of hydrogen-bond donors (Lipinski definition) is 0. The maximum Gasteiger partial charge on any atom is 0.0562 e. The quantitative estimate of drug-likeness (QED) is 0.0264. The van der Waals surface area contributed by atoms with E-state index in [1.54, 1.807) is 0 Å². The molecule has 0 nitrogen and oxygen atoms in total. The molecule has 0 radical (unpaired) electrons. The molecule has 510 valence electrons. The third-order valence-corrected chi connectivity index (χ3v) is 20.6. The molecule has 94 heavy (non-hydrogen) atoms. The van der Waals surface area contributed by atoms with E-state index in [-0.39, 0.29) is 0 Å². The highest BCUT2D eigenvalue weighted by molar-refractivity contribution is 5.88. The molecule has 0 aromatic heterocycles. The number of unbranched alkanes of at least 4 members (excludes halogenated alkanes) is 42. The lowest BCUT2D eigenvalue weighted by molar-refractivity contribution is 0.571. The fourth-order valence-corrected chi connectivity index (χ4v) is 14.5. The van der Waals surface area contributed by atoms with Gasteiger partial charge >= 0.3 is 0 Å². The van der Waals surface area contributed by atoms with Crippen molar-refractivity contribution in [1.29, 1.82) is 0 Å². The first-order valence-corrected chi connectivity index (χ1v) is 40.7. The van der Waals surface area contributed by atoms with Gasteiger partial charge in [-0.25, -0.2) is 0 Å². The van der Waals surface area contributed by atoms with Crippen LogP contribution < -0.4 is 0 Å². The summed E-state index contributed by atoms with van der Waals surface area (Å²) < 4.78 is 0. The lowest BCUT2D eigenvalue weighted by atomic mass is 9.92. The lowest BCUT2D eigenvalue weighted by Crippen LogP contribution is -1.97. The Hall–Kier alpha value is -5.32. The summed E-state index contributed by atoms with van der Waals surface area (Å²) in [5.74, 6) is 7.72. The van der Waals surface area contributed by atoms with E-state index in [0.29, 0.717) is 0 Å². The summed E-state index contributed by atoms with van der Waals surface area (Å²) >= 11 is 0. The van der Waals surface area contributed by atoms with Crippen molar-refractivity contribution in [3.05, 3.63) is 142 Å². The zero-order chi connectivity index (χ0) is 66.1.